The molecule has 1 fully saturated rings. The van der Waals surface area contributed by atoms with Crippen molar-refractivity contribution in [3.05, 3.63) is 60.1 Å². The van der Waals surface area contributed by atoms with Crippen LogP contribution in [0.15, 0.2) is 53.1 Å². The number of benzene rings is 1. The average molecular weight is 284 g/mol. The molecule has 2 aromatic rings. The van der Waals surface area contributed by atoms with Crippen molar-refractivity contribution in [2.75, 3.05) is 7.05 Å². The summed E-state index contributed by atoms with van der Waals surface area (Å²) >= 11 is 0. The Morgan fingerprint density at radius 3 is 2.38 bits per heavy atom. The summed E-state index contributed by atoms with van der Waals surface area (Å²) in [5.74, 6) is 1.01. The van der Waals surface area contributed by atoms with Crippen molar-refractivity contribution >= 4 is 0 Å². The lowest BCUT2D eigenvalue weighted by molar-refractivity contribution is 0.138. The van der Waals surface area contributed by atoms with Gasteiger partial charge in [0.2, 0.25) is 0 Å². The second-order valence-electron chi connectivity index (χ2n) is 6.06. The Bertz CT molecular complexity index is 530. The molecule has 0 saturated heterocycles. The van der Waals surface area contributed by atoms with Crippen molar-refractivity contribution in [1.82, 2.24) is 4.90 Å². The molecule has 0 amide bonds. The van der Waals surface area contributed by atoms with Gasteiger partial charge in [0.05, 0.1) is 12.3 Å². The summed E-state index contributed by atoms with van der Waals surface area (Å²) in [6, 6.07) is 15.8. The van der Waals surface area contributed by atoms with Gasteiger partial charge < -0.3 is 10.2 Å². The lowest BCUT2D eigenvalue weighted by Gasteiger charge is -2.38. The van der Waals surface area contributed by atoms with E-state index in [1.165, 1.54) is 18.4 Å². The lowest BCUT2D eigenvalue weighted by Crippen LogP contribution is -2.40. The highest BCUT2D eigenvalue weighted by atomic mass is 16.3. The number of nitrogens with two attached hydrogens (primary N) is 1. The Kier molecular flexibility index (Phi) is 4.42. The second-order valence-corrected chi connectivity index (χ2v) is 6.06. The Hall–Kier alpha value is -1.58. The molecule has 1 unspecified atom stereocenters. The highest BCUT2D eigenvalue weighted by Gasteiger charge is 2.29. The molecule has 21 heavy (non-hydrogen) atoms. The van der Waals surface area contributed by atoms with E-state index >= 15 is 0 Å². The molecule has 1 aliphatic carbocycles. The number of hydrogen-bond acceptors (Lipinski definition) is 3. The summed E-state index contributed by atoms with van der Waals surface area (Å²) in [5, 5.41) is 0. The molecule has 2 N–H and O–H groups in total. The zero-order chi connectivity index (χ0) is 14.7. The van der Waals surface area contributed by atoms with E-state index in [1.54, 1.807) is 6.26 Å². The van der Waals surface area contributed by atoms with E-state index in [4.69, 9.17) is 10.2 Å². The summed E-state index contributed by atoms with van der Waals surface area (Å²) in [7, 11) is 2.21. The Morgan fingerprint density at radius 1 is 1.05 bits per heavy atom. The molecule has 1 saturated carbocycles. The quantitative estimate of drug-likeness (QED) is 0.933. The maximum atomic E-state index is 6.04. The van der Waals surface area contributed by atoms with E-state index in [1.807, 2.05) is 6.07 Å². The summed E-state index contributed by atoms with van der Waals surface area (Å²) in [5.41, 5.74) is 7.32. The first kappa shape index (κ1) is 14.4. The molecule has 1 atom stereocenters. The molecule has 0 spiro atoms. The molecule has 112 valence electrons. The highest BCUT2D eigenvalue weighted by Crippen LogP contribution is 2.33. The molecule has 1 heterocycles. The Balaban J connectivity index is 1.85. The van der Waals surface area contributed by atoms with E-state index < -0.39 is 0 Å². The maximum Gasteiger partial charge on any atom is 0.125 e. The Labute approximate surface area is 126 Å². The molecule has 1 aliphatic rings. The third-order valence-electron chi connectivity index (χ3n) is 4.65. The van der Waals surface area contributed by atoms with Gasteiger partial charge in [-0.1, -0.05) is 30.3 Å². The third kappa shape index (κ3) is 3.20. The van der Waals surface area contributed by atoms with Crippen molar-refractivity contribution in [3.8, 4) is 0 Å². The van der Waals surface area contributed by atoms with Crippen LogP contribution in [-0.2, 0) is 0 Å². The van der Waals surface area contributed by atoms with Gasteiger partial charge in [0.15, 0.2) is 0 Å². The highest BCUT2D eigenvalue weighted by molar-refractivity contribution is 5.26. The summed E-state index contributed by atoms with van der Waals surface area (Å²) in [4.78, 5) is 2.46. The van der Waals surface area contributed by atoms with Crippen LogP contribution in [0, 0.1) is 0 Å². The van der Waals surface area contributed by atoms with Crippen molar-refractivity contribution < 1.29 is 4.42 Å². The second kappa shape index (κ2) is 6.46. The zero-order valence-electron chi connectivity index (χ0n) is 12.6. The van der Waals surface area contributed by atoms with Crippen molar-refractivity contribution in [1.29, 1.82) is 0 Å². The first-order valence-corrected chi connectivity index (χ1v) is 7.81. The smallest absolute Gasteiger partial charge is 0.125 e. The van der Waals surface area contributed by atoms with Gasteiger partial charge in [-0.25, -0.2) is 0 Å². The minimum absolute atomic E-state index is 0.181. The van der Waals surface area contributed by atoms with Crippen molar-refractivity contribution in [2.24, 2.45) is 5.73 Å². The van der Waals surface area contributed by atoms with Crippen LogP contribution < -0.4 is 5.73 Å². The van der Waals surface area contributed by atoms with Crippen LogP contribution >= 0.6 is 0 Å². The standard InChI is InChI=1S/C18H24N2O/c1-20(16-11-9-15(19)10-12-16)18(17-8-5-13-21-17)14-6-3-2-4-7-14/h2-8,13,15-16,18H,9-12,19H2,1H3. The third-order valence-corrected chi connectivity index (χ3v) is 4.65. The van der Waals surface area contributed by atoms with Gasteiger partial charge in [-0.05, 0) is 50.4 Å². The fourth-order valence-electron chi connectivity index (χ4n) is 3.40. The predicted molar refractivity (Wildman–Crippen MR) is 85.0 cm³/mol. The Morgan fingerprint density at radius 2 is 1.76 bits per heavy atom. The topological polar surface area (TPSA) is 42.4 Å². The lowest BCUT2D eigenvalue weighted by atomic mass is 9.89. The number of nitrogens with zero attached hydrogens (tertiary/aromatic N) is 1. The fraction of sp³-hybridized carbons (Fsp3) is 0.444. The van der Waals surface area contributed by atoms with E-state index in [9.17, 15) is 0 Å². The molecule has 3 rings (SSSR count). The molecule has 0 aliphatic heterocycles. The number of rotatable bonds is 4. The molecule has 0 bridgehead atoms. The first-order chi connectivity index (χ1) is 10.3. The van der Waals surface area contributed by atoms with Crippen LogP contribution in [0.1, 0.15) is 43.0 Å². The number of hydrogen-bond donors (Lipinski definition) is 1. The van der Waals surface area contributed by atoms with Crippen LogP contribution in [0.2, 0.25) is 0 Å². The summed E-state index contributed by atoms with van der Waals surface area (Å²) < 4.78 is 5.72. The predicted octanol–water partition coefficient (Wildman–Crippen LogP) is 3.57. The van der Waals surface area contributed by atoms with E-state index in [2.05, 4.69) is 48.3 Å². The average Bonchev–Trinajstić information content (AvgIpc) is 3.03. The van der Waals surface area contributed by atoms with Crippen LogP contribution in [0.5, 0.6) is 0 Å². The first-order valence-electron chi connectivity index (χ1n) is 7.81. The summed E-state index contributed by atoms with van der Waals surface area (Å²) in [6.45, 7) is 0. The normalized spacial score (nSPS) is 24.1. The van der Waals surface area contributed by atoms with Crippen molar-refractivity contribution in [2.45, 2.75) is 43.8 Å². The van der Waals surface area contributed by atoms with Gasteiger partial charge in [-0.3, -0.25) is 4.90 Å². The van der Waals surface area contributed by atoms with Crippen LogP contribution in [-0.4, -0.2) is 24.0 Å². The van der Waals surface area contributed by atoms with Gasteiger partial charge in [0.25, 0.3) is 0 Å². The van der Waals surface area contributed by atoms with Gasteiger partial charge in [-0.2, -0.15) is 0 Å². The minimum atomic E-state index is 0.181. The van der Waals surface area contributed by atoms with E-state index in [0.717, 1.165) is 18.6 Å². The molecule has 3 nitrogen and oxygen atoms in total. The molecular weight excluding hydrogens is 260 g/mol. The van der Waals surface area contributed by atoms with Crippen LogP contribution in [0.4, 0.5) is 0 Å². The van der Waals surface area contributed by atoms with E-state index in [-0.39, 0.29) is 6.04 Å². The van der Waals surface area contributed by atoms with E-state index in [0.29, 0.717) is 12.1 Å². The number of furan rings is 1. The molecule has 0 radical (unpaired) electrons. The van der Waals surface area contributed by atoms with Gasteiger partial charge in [-0.15, -0.1) is 0 Å². The van der Waals surface area contributed by atoms with Gasteiger partial charge >= 0.3 is 0 Å². The van der Waals surface area contributed by atoms with Crippen LogP contribution in [0.3, 0.4) is 0 Å². The minimum Gasteiger partial charge on any atom is -0.467 e. The monoisotopic (exact) mass is 284 g/mol. The molecule has 1 aromatic carbocycles. The molecular formula is C18H24N2O. The van der Waals surface area contributed by atoms with Crippen molar-refractivity contribution in [3.63, 3.8) is 0 Å². The maximum absolute atomic E-state index is 6.04. The fourth-order valence-corrected chi connectivity index (χ4v) is 3.40. The zero-order valence-corrected chi connectivity index (χ0v) is 12.6. The SMILES string of the molecule is CN(C1CCC(N)CC1)C(c1ccccc1)c1ccco1. The van der Waals surface area contributed by atoms with Crippen LogP contribution in [0.25, 0.3) is 0 Å². The molecule has 1 aromatic heterocycles. The molecule has 3 heteroatoms. The largest absolute Gasteiger partial charge is 0.467 e. The van der Waals surface area contributed by atoms with Gasteiger partial charge in [0, 0.05) is 12.1 Å². The summed E-state index contributed by atoms with van der Waals surface area (Å²) in [6.07, 6.45) is 6.34. The van der Waals surface area contributed by atoms with Gasteiger partial charge in [0.1, 0.15) is 5.76 Å².